The average molecular weight is 423 g/mol. The fourth-order valence-corrected chi connectivity index (χ4v) is 4.11. The van der Waals surface area contributed by atoms with Crippen LogP contribution >= 0.6 is 11.8 Å². The lowest BCUT2D eigenvalue weighted by molar-refractivity contribution is -0.119. The van der Waals surface area contributed by atoms with Crippen LogP contribution in [0.4, 0.5) is 0 Å². The van der Waals surface area contributed by atoms with E-state index in [1.54, 1.807) is 0 Å². The molecule has 0 aliphatic heterocycles. The van der Waals surface area contributed by atoms with Gasteiger partial charge in [-0.2, -0.15) is 0 Å². The van der Waals surface area contributed by atoms with E-state index in [0.29, 0.717) is 11.7 Å². The first-order chi connectivity index (χ1) is 14.3. The van der Waals surface area contributed by atoms with E-state index in [-0.39, 0.29) is 11.9 Å². The lowest BCUT2D eigenvalue weighted by Crippen LogP contribution is -2.28. The van der Waals surface area contributed by atoms with Gasteiger partial charge in [-0.1, -0.05) is 73.6 Å². The van der Waals surface area contributed by atoms with Crippen molar-refractivity contribution in [3.8, 4) is 11.4 Å². The third-order valence-electron chi connectivity index (χ3n) is 4.94. The molecule has 2 aromatic carbocycles. The third-order valence-corrected chi connectivity index (χ3v) is 5.96. The van der Waals surface area contributed by atoms with Gasteiger partial charge in [0.1, 0.15) is 0 Å². The molecular weight excluding hydrogens is 392 g/mol. The highest BCUT2D eigenvalue weighted by Crippen LogP contribution is 2.23. The number of carbonyl (C=O) groups is 1. The fraction of sp³-hybridized carbons (Fsp3) is 0.375. The van der Waals surface area contributed by atoms with Crippen LogP contribution in [0.5, 0.6) is 0 Å². The minimum atomic E-state index is -0.0337. The van der Waals surface area contributed by atoms with Gasteiger partial charge in [-0.25, -0.2) is 0 Å². The second-order valence-electron chi connectivity index (χ2n) is 8.15. The summed E-state index contributed by atoms with van der Waals surface area (Å²) in [5.74, 6) is 1.72. The van der Waals surface area contributed by atoms with Crippen LogP contribution in [-0.4, -0.2) is 26.4 Å². The Bertz CT molecular complexity index is 995. The number of nitrogens with zero attached hydrogens (tertiary/aromatic N) is 3. The van der Waals surface area contributed by atoms with Crippen molar-refractivity contribution >= 4 is 17.7 Å². The van der Waals surface area contributed by atoms with Gasteiger partial charge < -0.3 is 9.88 Å². The van der Waals surface area contributed by atoms with Crippen molar-refractivity contribution in [2.24, 2.45) is 13.0 Å². The molecular formula is C24H30N4OS. The molecule has 0 spiro atoms. The zero-order valence-corrected chi connectivity index (χ0v) is 19.2. The molecule has 0 aliphatic rings. The molecule has 1 N–H and O–H groups in total. The number of amides is 1. The Hall–Kier alpha value is -2.60. The highest BCUT2D eigenvalue weighted by atomic mass is 32.2. The van der Waals surface area contributed by atoms with E-state index in [2.05, 4.69) is 72.7 Å². The number of benzene rings is 2. The molecule has 0 saturated heterocycles. The minimum Gasteiger partial charge on any atom is -0.349 e. The molecule has 0 aliphatic carbocycles. The van der Waals surface area contributed by atoms with Crippen LogP contribution in [0.1, 0.15) is 43.5 Å². The molecule has 3 aromatic rings. The van der Waals surface area contributed by atoms with Gasteiger partial charge in [0.05, 0.1) is 11.8 Å². The number of aryl methyl sites for hydroxylation is 1. The van der Waals surface area contributed by atoms with Crippen molar-refractivity contribution in [3.63, 3.8) is 0 Å². The topological polar surface area (TPSA) is 59.8 Å². The van der Waals surface area contributed by atoms with Crippen molar-refractivity contribution in [1.29, 1.82) is 0 Å². The summed E-state index contributed by atoms with van der Waals surface area (Å²) in [7, 11) is 1.93. The Labute approximate surface area is 183 Å². The molecule has 5 nitrogen and oxygen atoms in total. The molecule has 1 atom stereocenters. The van der Waals surface area contributed by atoms with Crippen LogP contribution in [0.25, 0.3) is 11.4 Å². The average Bonchev–Trinajstić information content (AvgIpc) is 3.07. The Kier molecular flexibility index (Phi) is 7.32. The minimum absolute atomic E-state index is 0.0149. The second-order valence-corrected chi connectivity index (χ2v) is 9.09. The second kappa shape index (κ2) is 9.94. The van der Waals surface area contributed by atoms with Gasteiger partial charge in [0.15, 0.2) is 11.0 Å². The van der Waals surface area contributed by atoms with Crippen LogP contribution in [0.3, 0.4) is 0 Å². The third kappa shape index (κ3) is 5.72. The largest absolute Gasteiger partial charge is 0.349 e. The lowest BCUT2D eigenvalue weighted by Gasteiger charge is -2.15. The number of rotatable bonds is 8. The standard InChI is InChI=1S/C24H30N4OS/c1-16(2)13-19-9-11-20(12-10-19)18(4)25-22(29)15-30-24-27-26-23(28(24)5)21-8-6-7-17(3)14-21/h6-12,14,16,18H,13,15H2,1-5H3,(H,25,29). The Morgan fingerprint density at radius 1 is 1.10 bits per heavy atom. The first kappa shape index (κ1) is 22.1. The molecule has 1 aromatic heterocycles. The predicted molar refractivity (Wildman–Crippen MR) is 123 cm³/mol. The summed E-state index contributed by atoms with van der Waals surface area (Å²) in [4.78, 5) is 12.5. The Balaban J connectivity index is 1.56. The van der Waals surface area contributed by atoms with Gasteiger partial charge in [-0.15, -0.1) is 10.2 Å². The summed E-state index contributed by atoms with van der Waals surface area (Å²) < 4.78 is 1.93. The highest BCUT2D eigenvalue weighted by Gasteiger charge is 2.15. The maximum atomic E-state index is 12.5. The zero-order valence-electron chi connectivity index (χ0n) is 18.3. The fourth-order valence-electron chi connectivity index (χ4n) is 3.39. The molecule has 1 heterocycles. The van der Waals surface area contributed by atoms with Crippen LogP contribution in [0, 0.1) is 12.8 Å². The van der Waals surface area contributed by atoms with Crippen LogP contribution in [0.15, 0.2) is 53.7 Å². The summed E-state index contributed by atoms with van der Waals surface area (Å²) in [6, 6.07) is 16.6. The van der Waals surface area contributed by atoms with Gasteiger partial charge in [0, 0.05) is 12.6 Å². The zero-order chi connectivity index (χ0) is 21.7. The number of hydrogen-bond acceptors (Lipinski definition) is 4. The molecule has 30 heavy (non-hydrogen) atoms. The summed E-state index contributed by atoms with van der Waals surface area (Å²) in [5.41, 5.74) is 4.64. The van der Waals surface area contributed by atoms with Crippen LogP contribution in [0.2, 0.25) is 0 Å². The number of hydrogen-bond donors (Lipinski definition) is 1. The van der Waals surface area contributed by atoms with Crippen molar-refractivity contribution in [2.75, 3.05) is 5.75 Å². The number of thioether (sulfide) groups is 1. The van der Waals surface area contributed by atoms with Crippen LogP contribution in [-0.2, 0) is 18.3 Å². The van der Waals surface area contributed by atoms with Crippen molar-refractivity contribution in [3.05, 3.63) is 65.2 Å². The molecule has 6 heteroatoms. The first-order valence-corrected chi connectivity index (χ1v) is 11.3. The van der Waals surface area contributed by atoms with E-state index < -0.39 is 0 Å². The molecule has 0 saturated carbocycles. The molecule has 1 unspecified atom stereocenters. The van der Waals surface area contributed by atoms with Crippen LogP contribution < -0.4 is 5.32 Å². The number of carbonyl (C=O) groups excluding carboxylic acids is 1. The summed E-state index contributed by atoms with van der Waals surface area (Å²) in [6.07, 6.45) is 1.07. The molecule has 0 radical (unpaired) electrons. The van der Waals surface area contributed by atoms with E-state index in [9.17, 15) is 4.79 Å². The molecule has 158 valence electrons. The van der Waals surface area contributed by atoms with Crippen molar-refractivity contribution in [1.82, 2.24) is 20.1 Å². The van der Waals surface area contributed by atoms with Gasteiger partial charge >= 0.3 is 0 Å². The Morgan fingerprint density at radius 3 is 2.50 bits per heavy atom. The quantitative estimate of drug-likeness (QED) is 0.521. The first-order valence-electron chi connectivity index (χ1n) is 10.3. The SMILES string of the molecule is Cc1cccc(-c2nnc(SCC(=O)NC(C)c3ccc(CC(C)C)cc3)n2C)c1. The maximum Gasteiger partial charge on any atom is 0.230 e. The summed E-state index contributed by atoms with van der Waals surface area (Å²) >= 11 is 1.40. The van der Waals surface area contributed by atoms with Crippen molar-refractivity contribution < 1.29 is 4.79 Å². The maximum absolute atomic E-state index is 12.5. The summed E-state index contributed by atoms with van der Waals surface area (Å²) in [5, 5.41) is 12.4. The predicted octanol–water partition coefficient (Wildman–Crippen LogP) is 4.96. The number of aromatic nitrogens is 3. The monoisotopic (exact) mass is 422 g/mol. The highest BCUT2D eigenvalue weighted by molar-refractivity contribution is 7.99. The summed E-state index contributed by atoms with van der Waals surface area (Å²) in [6.45, 7) is 8.50. The van der Waals surface area contributed by atoms with E-state index in [0.717, 1.165) is 28.5 Å². The van der Waals surface area contributed by atoms with E-state index >= 15 is 0 Å². The smallest absolute Gasteiger partial charge is 0.230 e. The van der Waals surface area contributed by atoms with E-state index in [4.69, 9.17) is 0 Å². The molecule has 0 bridgehead atoms. The molecule has 3 rings (SSSR count). The van der Waals surface area contributed by atoms with Crippen molar-refractivity contribution in [2.45, 2.75) is 45.3 Å². The normalized spacial score (nSPS) is 12.2. The molecule has 0 fully saturated rings. The molecule has 1 amide bonds. The number of nitrogens with one attached hydrogen (secondary N) is 1. The van der Waals surface area contributed by atoms with Gasteiger partial charge in [0.25, 0.3) is 0 Å². The van der Waals surface area contributed by atoms with E-state index in [1.165, 1.54) is 22.9 Å². The Morgan fingerprint density at radius 2 is 1.83 bits per heavy atom. The van der Waals surface area contributed by atoms with Gasteiger partial charge in [-0.3, -0.25) is 4.79 Å². The van der Waals surface area contributed by atoms with E-state index in [1.807, 2.05) is 30.7 Å². The lowest BCUT2D eigenvalue weighted by atomic mass is 10.00. The van der Waals surface area contributed by atoms with Gasteiger partial charge in [-0.05, 0) is 43.4 Å². The van der Waals surface area contributed by atoms with Gasteiger partial charge in [0.2, 0.25) is 5.91 Å².